The lowest BCUT2D eigenvalue weighted by Gasteiger charge is -2.24. The number of aliphatic hydroxyl groups excluding tert-OH is 1. The largest absolute Gasteiger partial charge is 0.508 e. The molecule has 1 aliphatic heterocycles. The topological polar surface area (TPSA) is 124 Å². The SMILES string of the molecule is N[C@H](Cc1ccc(O)cc1)C(=O)N1C[C@@H](O)C[C@H]1C(=O)O. The Morgan fingerprint density at radius 2 is 1.95 bits per heavy atom. The predicted molar refractivity (Wildman–Crippen MR) is 73.5 cm³/mol. The van der Waals surface area contributed by atoms with E-state index >= 15 is 0 Å². The van der Waals surface area contributed by atoms with Crippen LogP contribution in [0.3, 0.4) is 0 Å². The van der Waals surface area contributed by atoms with Crippen LogP contribution in [0.1, 0.15) is 12.0 Å². The highest BCUT2D eigenvalue weighted by Crippen LogP contribution is 2.20. The van der Waals surface area contributed by atoms with Crippen LogP contribution >= 0.6 is 0 Å². The van der Waals surface area contributed by atoms with Gasteiger partial charge >= 0.3 is 5.97 Å². The van der Waals surface area contributed by atoms with Gasteiger partial charge in [0.25, 0.3) is 0 Å². The standard InChI is InChI=1S/C14H18N2O5/c15-11(5-8-1-3-9(17)4-2-8)13(19)16-7-10(18)6-12(16)14(20)21/h1-4,10-12,17-18H,5-7,15H2,(H,20,21)/t10-,11+,12-/m0/s1. The maximum Gasteiger partial charge on any atom is 0.326 e. The maximum absolute atomic E-state index is 12.3. The zero-order chi connectivity index (χ0) is 15.6. The first-order valence-electron chi connectivity index (χ1n) is 6.63. The summed E-state index contributed by atoms with van der Waals surface area (Å²) in [6, 6.07) is 4.37. The fourth-order valence-corrected chi connectivity index (χ4v) is 2.48. The number of rotatable bonds is 4. The Bertz CT molecular complexity index is 531. The van der Waals surface area contributed by atoms with Gasteiger partial charge < -0.3 is 26.0 Å². The first kappa shape index (κ1) is 15.3. The third kappa shape index (κ3) is 3.50. The zero-order valence-corrected chi connectivity index (χ0v) is 11.3. The third-order valence-electron chi connectivity index (χ3n) is 3.56. The Balaban J connectivity index is 2.04. The molecule has 114 valence electrons. The number of nitrogens with two attached hydrogens (primary N) is 1. The second kappa shape index (κ2) is 6.11. The molecular weight excluding hydrogens is 276 g/mol. The van der Waals surface area contributed by atoms with Gasteiger partial charge in [-0.15, -0.1) is 0 Å². The third-order valence-corrected chi connectivity index (χ3v) is 3.56. The summed E-state index contributed by atoms with van der Waals surface area (Å²) in [5.41, 5.74) is 6.61. The monoisotopic (exact) mass is 294 g/mol. The van der Waals surface area contributed by atoms with Crippen molar-refractivity contribution in [3.63, 3.8) is 0 Å². The van der Waals surface area contributed by atoms with Gasteiger partial charge in [-0.25, -0.2) is 4.79 Å². The van der Waals surface area contributed by atoms with Gasteiger partial charge in [0.1, 0.15) is 11.8 Å². The van der Waals surface area contributed by atoms with Crippen molar-refractivity contribution in [1.29, 1.82) is 0 Å². The normalized spacial score (nSPS) is 23.0. The highest BCUT2D eigenvalue weighted by Gasteiger charge is 2.40. The molecule has 1 aliphatic rings. The van der Waals surface area contributed by atoms with Gasteiger partial charge in [-0.05, 0) is 24.1 Å². The van der Waals surface area contributed by atoms with Crippen molar-refractivity contribution in [2.75, 3.05) is 6.54 Å². The number of nitrogens with zero attached hydrogens (tertiary/aromatic N) is 1. The number of β-amino-alcohol motifs (C(OH)–C–C–N with tert-alkyl or cyclic N) is 1. The first-order chi connectivity index (χ1) is 9.88. The van der Waals surface area contributed by atoms with Crippen LogP contribution in [0.5, 0.6) is 5.75 Å². The van der Waals surface area contributed by atoms with Crippen LogP contribution in [-0.2, 0) is 16.0 Å². The van der Waals surface area contributed by atoms with Crippen molar-refractivity contribution in [3.8, 4) is 5.75 Å². The second-order valence-electron chi connectivity index (χ2n) is 5.21. The molecule has 0 saturated carbocycles. The van der Waals surface area contributed by atoms with Crippen molar-refractivity contribution < 1.29 is 24.9 Å². The van der Waals surface area contributed by atoms with E-state index in [1.807, 2.05) is 0 Å². The van der Waals surface area contributed by atoms with Gasteiger partial charge in [0.2, 0.25) is 5.91 Å². The highest BCUT2D eigenvalue weighted by molar-refractivity contribution is 5.87. The number of phenols is 1. The summed E-state index contributed by atoms with van der Waals surface area (Å²) in [4.78, 5) is 24.5. The van der Waals surface area contributed by atoms with Crippen molar-refractivity contribution in [3.05, 3.63) is 29.8 Å². The Kier molecular flexibility index (Phi) is 4.44. The molecule has 0 aromatic heterocycles. The van der Waals surface area contributed by atoms with Gasteiger partial charge in [-0.1, -0.05) is 12.1 Å². The number of amides is 1. The molecule has 0 unspecified atom stereocenters. The van der Waals surface area contributed by atoms with Gasteiger partial charge in [-0.2, -0.15) is 0 Å². The van der Waals surface area contributed by atoms with Gasteiger partial charge in [0.05, 0.1) is 12.1 Å². The number of carbonyl (C=O) groups excluding carboxylic acids is 1. The smallest absolute Gasteiger partial charge is 0.326 e. The summed E-state index contributed by atoms with van der Waals surface area (Å²) in [6.45, 7) is -0.0148. The van der Waals surface area contributed by atoms with Crippen LogP contribution in [-0.4, -0.2) is 56.8 Å². The van der Waals surface area contributed by atoms with E-state index in [2.05, 4.69) is 0 Å². The van der Waals surface area contributed by atoms with Crippen LogP contribution in [0, 0.1) is 0 Å². The van der Waals surface area contributed by atoms with E-state index in [1.54, 1.807) is 12.1 Å². The number of aliphatic hydroxyl groups is 1. The van der Waals surface area contributed by atoms with Crippen LogP contribution < -0.4 is 5.73 Å². The van der Waals surface area contributed by atoms with Gasteiger partial charge in [0, 0.05) is 13.0 Å². The molecule has 7 heteroatoms. The average molecular weight is 294 g/mol. The Morgan fingerprint density at radius 1 is 1.33 bits per heavy atom. The van der Waals surface area contributed by atoms with Crippen molar-refractivity contribution >= 4 is 11.9 Å². The minimum absolute atomic E-state index is 0.0148. The molecule has 1 fully saturated rings. The Labute approximate surface area is 121 Å². The zero-order valence-electron chi connectivity index (χ0n) is 11.3. The number of carboxylic acids is 1. The fourth-order valence-electron chi connectivity index (χ4n) is 2.48. The molecule has 0 spiro atoms. The number of carboxylic acid groups (broad SMARTS) is 1. The number of aliphatic carboxylic acids is 1. The molecule has 7 nitrogen and oxygen atoms in total. The van der Waals surface area contributed by atoms with Crippen LogP contribution in [0.4, 0.5) is 0 Å². The van der Waals surface area contributed by atoms with E-state index < -0.39 is 30.1 Å². The number of hydrogen-bond acceptors (Lipinski definition) is 5. The molecule has 3 atom stereocenters. The van der Waals surface area contributed by atoms with Gasteiger partial charge in [-0.3, -0.25) is 4.79 Å². The average Bonchev–Trinajstić information content (AvgIpc) is 2.82. The minimum Gasteiger partial charge on any atom is -0.508 e. The quantitative estimate of drug-likeness (QED) is 0.582. The number of carbonyl (C=O) groups is 2. The molecule has 0 radical (unpaired) electrons. The van der Waals surface area contributed by atoms with E-state index in [0.29, 0.717) is 0 Å². The van der Waals surface area contributed by atoms with E-state index in [0.717, 1.165) is 10.5 Å². The van der Waals surface area contributed by atoms with Crippen molar-refractivity contribution in [2.24, 2.45) is 5.73 Å². The lowest BCUT2D eigenvalue weighted by atomic mass is 10.0. The molecular formula is C14H18N2O5. The van der Waals surface area contributed by atoms with E-state index in [9.17, 15) is 19.8 Å². The number of hydrogen-bond donors (Lipinski definition) is 4. The molecule has 0 aliphatic carbocycles. The summed E-state index contributed by atoms with van der Waals surface area (Å²) in [5, 5.41) is 27.8. The summed E-state index contributed by atoms with van der Waals surface area (Å²) < 4.78 is 0. The number of likely N-dealkylation sites (tertiary alicyclic amines) is 1. The minimum atomic E-state index is -1.14. The molecule has 5 N–H and O–H groups in total. The Hall–Kier alpha value is -2.12. The number of phenolic OH excluding ortho intramolecular Hbond substituents is 1. The van der Waals surface area contributed by atoms with Crippen LogP contribution in [0.2, 0.25) is 0 Å². The van der Waals surface area contributed by atoms with Crippen LogP contribution in [0.15, 0.2) is 24.3 Å². The molecule has 2 rings (SSSR count). The summed E-state index contributed by atoms with van der Waals surface area (Å²) in [7, 11) is 0. The summed E-state index contributed by atoms with van der Waals surface area (Å²) >= 11 is 0. The second-order valence-corrected chi connectivity index (χ2v) is 5.21. The number of aromatic hydroxyl groups is 1. The van der Waals surface area contributed by atoms with E-state index in [1.165, 1.54) is 12.1 Å². The van der Waals surface area contributed by atoms with Crippen LogP contribution in [0.25, 0.3) is 0 Å². The maximum atomic E-state index is 12.3. The lowest BCUT2D eigenvalue weighted by molar-refractivity contribution is -0.148. The number of benzene rings is 1. The van der Waals surface area contributed by atoms with E-state index in [-0.39, 0.29) is 25.1 Å². The summed E-state index contributed by atoms with van der Waals surface area (Å²) in [6.07, 6.45) is -0.582. The molecule has 1 heterocycles. The molecule has 1 aromatic carbocycles. The summed E-state index contributed by atoms with van der Waals surface area (Å²) in [5.74, 6) is -1.52. The molecule has 21 heavy (non-hydrogen) atoms. The fraction of sp³-hybridized carbons (Fsp3) is 0.429. The van der Waals surface area contributed by atoms with Crippen molar-refractivity contribution in [2.45, 2.75) is 31.0 Å². The lowest BCUT2D eigenvalue weighted by Crippen LogP contribution is -2.49. The molecule has 1 amide bonds. The highest BCUT2D eigenvalue weighted by atomic mass is 16.4. The predicted octanol–water partition coefficient (Wildman–Crippen LogP) is -0.692. The van der Waals surface area contributed by atoms with E-state index in [4.69, 9.17) is 10.8 Å². The molecule has 0 bridgehead atoms. The van der Waals surface area contributed by atoms with Gasteiger partial charge in [0.15, 0.2) is 0 Å². The van der Waals surface area contributed by atoms with Crippen molar-refractivity contribution in [1.82, 2.24) is 4.90 Å². The molecule has 1 aromatic rings. The Morgan fingerprint density at radius 3 is 2.52 bits per heavy atom. The first-order valence-corrected chi connectivity index (χ1v) is 6.63. The molecule has 1 saturated heterocycles.